The van der Waals surface area contributed by atoms with Crippen molar-refractivity contribution in [2.45, 2.75) is 95.5 Å². The molecule has 3 heterocycles. The van der Waals surface area contributed by atoms with Crippen LogP contribution in [-0.2, 0) is 36.8 Å². The zero-order valence-corrected chi connectivity index (χ0v) is 23.4. The predicted octanol–water partition coefficient (Wildman–Crippen LogP) is 2.83. The minimum atomic E-state index is -0.904. The van der Waals surface area contributed by atoms with Gasteiger partial charge in [0.1, 0.15) is 18.2 Å². The molecule has 0 aromatic heterocycles. The molecule has 3 N–H and O–H groups in total. The molecule has 4 unspecified atom stereocenters. The summed E-state index contributed by atoms with van der Waals surface area (Å²) >= 11 is 0. The number of amides is 3. The Bertz CT molecular complexity index is 1090. The number of hydrogen-bond donors (Lipinski definition) is 2. The average Bonchev–Trinajstić information content (AvgIpc) is 3.38. The van der Waals surface area contributed by atoms with E-state index in [0.29, 0.717) is 32.4 Å². The summed E-state index contributed by atoms with van der Waals surface area (Å²) < 4.78 is 11.0. The van der Waals surface area contributed by atoms with Crippen molar-refractivity contribution >= 4 is 23.9 Å². The Morgan fingerprint density at radius 2 is 1.82 bits per heavy atom. The van der Waals surface area contributed by atoms with E-state index in [-0.39, 0.29) is 25.5 Å². The molecule has 1 aromatic carbocycles. The first-order chi connectivity index (χ1) is 19.4. The average molecular weight is 555 g/mol. The second-order valence-corrected chi connectivity index (χ2v) is 10.8. The van der Waals surface area contributed by atoms with Crippen LogP contribution in [0.2, 0.25) is 0 Å². The first-order valence-electron chi connectivity index (χ1n) is 14.6. The van der Waals surface area contributed by atoms with Crippen molar-refractivity contribution in [3.05, 3.63) is 47.5 Å². The van der Waals surface area contributed by atoms with Gasteiger partial charge in [-0.3, -0.25) is 9.59 Å². The molecule has 10 heteroatoms. The summed E-state index contributed by atoms with van der Waals surface area (Å²) in [5, 5.41) is 2.81. The van der Waals surface area contributed by atoms with Crippen LogP contribution in [0.25, 0.3) is 0 Å². The Morgan fingerprint density at radius 1 is 1.05 bits per heavy atom. The number of nitrogens with two attached hydrogens (primary N) is 1. The Balaban J connectivity index is 1.48. The number of rotatable bonds is 3. The summed E-state index contributed by atoms with van der Waals surface area (Å²) in [6.45, 7) is 2.98. The normalized spacial score (nSPS) is 26.4. The summed E-state index contributed by atoms with van der Waals surface area (Å²) in [6.07, 6.45) is 9.01. The highest BCUT2D eigenvalue weighted by molar-refractivity contribution is 5.92. The molecule has 218 valence electrons. The Morgan fingerprint density at radius 3 is 2.62 bits per heavy atom. The molecule has 0 spiro atoms. The number of allylic oxidation sites excluding steroid dienone is 2. The van der Waals surface area contributed by atoms with Crippen LogP contribution in [0.3, 0.4) is 0 Å². The van der Waals surface area contributed by atoms with Gasteiger partial charge in [-0.2, -0.15) is 0 Å². The number of nitrogens with one attached hydrogen (secondary N) is 1. The van der Waals surface area contributed by atoms with E-state index in [1.54, 1.807) is 11.8 Å². The molecule has 4 atom stereocenters. The van der Waals surface area contributed by atoms with E-state index < -0.39 is 42.2 Å². The van der Waals surface area contributed by atoms with Crippen molar-refractivity contribution in [2.24, 2.45) is 5.73 Å². The van der Waals surface area contributed by atoms with Crippen LogP contribution < -0.4 is 11.1 Å². The zero-order chi connectivity index (χ0) is 28.5. The highest BCUT2D eigenvalue weighted by Crippen LogP contribution is 2.25. The van der Waals surface area contributed by atoms with Crippen molar-refractivity contribution in [1.82, 2.24) is 15.1 Å². The quantitative estimate of drug-likeness (QED) is 0.434. The molecule has 40 heavy (non-hydrogen) atoms. The summed E-state index contributed by atoms with van der Waals surface area (Å²) in [7, 11) is 0. The third-order valence-electron chi connectivity index (χ3n) is 7.88. The van der Waals surface area contributed by atoms with Gasteiger partial charge in [0.15, 0.2) is 0 Å². The van der Waals surface area contributed by atoms with Gasteiger partial charge in [-0.05, 0) is 56.6 Å². The van der Waals surface area contributed by atoms with Crippen LogP contribution in [0, 0.1) is 0 Å². The van der Waals surface area contributed by atoms with E-state index in [9.17, 15) is 19.2 Å². The molecule has 3 amide bonds. The van der Waals surface area contributed by atoms with Gasteiger partial charge >= 0.3 is 12.1 Å². The minimum Gasteiger partial charge on any atom is -0.464 e. The first kappa shape index (κ1) is 29.6. The Kier molecular flexibility index (Phi) is 10.6. The summed E-state index contributed by atoms with van der Waals surface area (Å²) in [5.74, 6) is -1.32. The van der Waals surface area contributed by atoms with Gasteiger partial charge in [0.25, 0.3) is 0 Å². The van der Waals surface area contributed by atoms with E-state index >= 15 is 0 Å². The highest BCUT2D eigenvalue weighted by atomic mass is 16.6. The van der Waals surface area contributed by atoms with Crippen molar-refractivity contribution < 1.29 is 28.7 Å². The van der Waals surface area contributed by atoms with Crippen LogP contribution in [0.1, 0.15) is 69.4 Å². The second-order valence-electron chi connectivity index (χ2n) is 10.8. The smallest absolute Gasteiger partial charge is 0.410 e. The molecule has 3 aliphatic rings. The van der Waals surface area contributed by atoms with Gasteiger partial charge in [-0.15, -0.1) is 0 Å². The fraction of sp³-hybridized carbons (Fsp3) is 0.600. The lowest BCUT2D eigenvalue weighted by Gasteiger charge is -2.29. The van der Waals surface area contributed by atoms with Gasteiger partial charge in [-0.25, -0.2) is 9.59 Å². The summed E-state index contributed by atoms with van der Waals surface area (Å²) in [6, 6.07) is 5.50. The third kappa shape index (κ3) is 7.62. The Labute approximate surface area is 236 Å². The first-order valence-corrected chi connectivity index (χ1v) is 14.6. The summed E-state index contributed by atoms with van der Waals surface area (Å²) in [4.78, 5) is 55.7. The number of fused-ring (bicyclic) bond motifs is 2. The molecule has 0 bridgehead atoms. The maximum atomic E-state index is 13.5. The molecule has 1 fully saturated rings. The lowest BCUT2D eigenvalue weighted by atomic mass is 10.0. The lowest BCUT2D eigenvalue weighted by molar-refractivity contribution is -0.148. The number of hydrogen-bond acceptors (Lipinski definition) is 7. The molecular formula is C30H42N4O6. The molecule has 10 nitrogen and oxygen atoms in total. The monoisotopic (exact) mass is 554 g/mol. The number of ether oxygens (including phenoxy) is 2. The Hall–Kier alpha value is -3.40. The van der Waals surface area contributed by atoms with Gasteiger partial charge in [0.2, 0.25) is 11.8 Å². The van der Waals surface area contributed by atoms with Gasteiger partial charge in [0.05, 0.1) is 19.2 Å². The largest absolute Gasteiger partial charge is 0.464 e. The van der Waals surface area contributed by atoms with Gasteiger partial charge in [-0.1, -0.05) is 49.3 Å². The van der Waals surface area contributed by atoms with Crippen LogP contribution >= 0.6 is 0 Å². The van der Waals surface area contributed by atoms with Crippen LogP contribution in [0.15, 0.2) is 36.4 Å². The third-order valence-corrected chi connectivity index (χ3v) is 7.88. The number of carbonyl (C=O) groups is 4. The van der Waals surface area contributed by atoms with E-state index in [4.69, 9.17) is 15.2 Å². The summed E-state index contributed by atoms with van der Waals surface area (Å²) in [5.41, 5.74) is 8.59. The molecule has 0 saturated carbocycles. The van der Waals surface area contributed by atoms with Crippen molar-refractivity contribution in [1.29, 1.82) is 0 Å². The fourth-order valence-corrected chi connectivity index (χ4v) is 5.64. The predicted molar refractivity (Wildman–Crippen MR) is 149 cm³/mol. The minimum absolute atomic E-state index is 0.0770. The molecule has 0 aliphatic carbocycles. The maximum Gasteiger partial charge on any atom is 0.410 e. The molecule has 4 rings (SSSR count). The van der Waals surface area contributed by atoms with Crippen LogP contribution in [-0.4, -0.2) is 77.6 Å². The number of benzene rings is 1. The van der Waals surface area contributed by atoms with Crippen LogP contribution in [0.4, 0.5) is 4.79 Å². The fourth-order valence-electron chi connectivity index (χ4n) is 5.64. The number of esters is 1. The SMILES string of the molecule is CCOC(=O)C1CCC=CCCCCCC(N)C(=O)N2CC(OC(=O)N3CCc4ccccc4C3)CC2C(=O)N1. The van der Waals surface area contributed by atoms with Gasteiger partial charge < -0.3 is 30.3 Å². The maximum absolute atomic E-state index is 13.5. The number of carbonyl (C=O) groups excluding carboxylic acids is 4. The van der Waals surface area contributed by atoms with E-state index in [1.165, 1.54) is 10.5 Å². The molecule has 1 saturated heterocycles. The standard InChI is InChI=1S/C30H42N4O6/c1-2-39-29(37)25-15-9-7-5-3-4-6-8-14-24(31)28(36)34-20-23(18-26(34)27(35)32-25)40-30(38)33-17-16-21-12-10-11-13-22(21)19-33/h5,7,10-13,23-26H,2-4,6,8-9,14-20,31H2,1H3,(H,32,35). The van der Waals surface area contributed by atoms with Crippen molar-refractivity contribution in [3.63, 3.8) is 0 Å². The highest BCUT2D eigenvalue weighted by Gasteiger charge is 2.44. The second kappa shape index (κ2) is 14.3. The molecular weight excluding hydrogens is 512 g/mol. The van der Waals surface area contributed by atoms with E-state index in [1.807, 2.05) is 24.3 Å². The van der Waals surface area contributed by atoms with E-state index in [2.05, 4.69) is 17.5 Å². The van der Waals surface area contributed by atoms with Crippen LogP contribution in [0.5, 0.6) is 0 Å². The van der Waals surface area contributed by atoms with Gasteiger partial charge in [0, 0.05) is 19.5 Å². The van der Waals surface area contributed by atoms with Crippen molar-refractivity contribution in [3.8, 4) is 0 Å². The topological polar surface area (TPSA) is 131 Å². The van der Waals surface area contributed by atoms with Crippen molar-refractivity contribution in [2.75, 3.05) is 19.7 Å². The molecule has 1 aromatic rings. The zero-order valence-electron chi connectivity index (χ0n) is 23.4. The van der Waals surface area contributed by atoms with E-state index in [0.717, 1.165) is 37.7 Å². The lowest BCUT2D eigenvalue weighted by Crippen LogP contribution is -2.54. The molecule has 3 aliphatic heterocycles. The molecule has 0 radical (unpaired) electrons. The number of nitrogens with zero attached hydrogens (tertiary/aromatic N) is 2.